The van der Waals surface area contributed by atoms with Crippen molar-refractivity contribution < 1.29 is 0 Å². The highest BCUT2D eigenvalue weighted by atomic mass is 14.0. The Morgan fingerprint density at radius 2 is 1.92 bits per heavy atom. The van der Waals surface area contributed by atoms with Crippen LogP contribution in [0.3, 0.4) is 0 Å². The van der Waals surface area contributed by atoms with E-state index in [1.165, 1.54) is 24.0 Å². The summed E-state index contributed by atoms with van der Waals surface area (Å²) >= 11 is 0. The van der Waals surface area contributed by atoms with Gasteiger partial charge in [-0.05, 0) is 24.5 Å². The zero-order valence-electron chi connectivity index (χ0n) is 7.88. The van der Waals surface area contributed by atoms with Gasteiger partial charge in [-0.15, -0.1) is 0 Å². The van der Waals surface area contributed by atoms with Crippen molar-refractivity contribution in [3.63, 3.8) is 0 Å². The molecule has 0 unspecified atom stereocenters. The molecule has 1 aromatic carbocycles. The van der Waals surface area contributed by atoms with Crippen molar-refractivity contribution in [3.8, 4) is 0 Å². The Bertz CT molecular complexity index is 244. The van der Waals surface area contributed by atoms with Crippen LogP contribution in [0.4, 0.5) is 0 Å². The predicted molar refractivity (Wildman–Crippen MR) is 55.0 cm³/mol. The normalized spacial score (nSPS) is 11.7. The second-order valence-corrected chi connectivity index (χ2v) is 2.93. The van der Waals surface area contributed by atoms with Crippen LogP contribution in [0.2, 0.25) is 0 Å². The molecule has 0 saturated carbocycles. The van der Waals surface area contributed by atoms with E-state index in [1.54, 1.807) is 0 Å². The third-order valence-electron chi connectivity index (χ3n) is 2.01. The number of hydrogen-bond donors (Lipinski definition) is 0. The van der Waals surface area contributed by atoms with Gasteiger partial charge in [0.1, 0.15) is 0 Å². The minimum atomic E-state index is 1.18. The lowest BCUT2D eigenvalue weighted by Crippen LogP contribution is -1.82. The van der Waals surface area contributed by atoms with Crippen molar-refractivity contribution in [2.24, 2.45) is 0 Å². The van der Waals surface area contributed by atoms with Gasteiger partial charge in [-0.2, -0.15) is 0 Å². The van der Waals surface area contributed by atoms with Gasteiger partial charge < -0.3 is 0 Å². The third-order valence-corrected chi connectivity index (χ3v) is 2.01. The zero-order valence-corrected chi connectivity index (χ0v) is 7.88. The van der Waals surface area contributed by atoms with Crippen LogP contribution < -0.4 is 0 Å². The molecule has 0 radical (unpaired) electrons. The molecule has 0 fully saturated rings. The van der Waals surface area contributed by atoms with Crippen LogP contribution >= 0.6 is 0 Å². The molecule has 0 bridgehead atoms. The monoisotopic (exact) mass is 160 g/mol. The first kappa shape index (κ1) is 9.05. The number of benzene rings is 1. The van der Waals surface area contributed by atoms with Gasteiger partial charge in [0, 0.05) is 0 Å². The summed E-state index contributed by atoms with van der Waals surface area (Å²) in [4.78, 5) is 0. The molecule has 1 aromatic rings. The molecule has 64 valence electrons. The van der Waals surface area contributed by atoms with Gasteiger partial charge in [-0.3, -0.25) is 0 Å². The molecule has 0 atom stereocenters. The Morgan fingerprint density at radius 3 is 2.42 bits per heavy atom. The maximum Gasteiger partial charge on any atom is -0.0228 e. The van der Waals surface area contributed by atoms with E-state index >= 15 is 0 Å². The largest absolute Gasteiger partial charge is 0.0838 e. The number of allylic oxidation sites excluding steroid dienone is 2. The Kier molecular flexibility index (Phi) is 3.59. The SMILES string of the molecule is C/C=C(\CCC)c1ccccc1. The van der Waals surface area contributed by atoms with Crippen molar-refractivity contribution in [2.45, 2.75) is 26.7 Å². The minimum Gasteiger partial charge on any atom is -0.0838 e. The summed E-state index contributed by atoms with van der Waals surface area (Å²) in [7, 11) is 0. The molecule has 0 heteroatoms. The molecular weight excluding hydrogens is 144 g/mol. The van der Waals surface area contributed by atoms with Gasteiger partial charge in [0.25, 0.3) is 0 Å². The smallest absolute Gasteiger partial charge is 0.0228 e. The molecule has 0 N–H and O–H groups in total. The molecule has 0 aliphatic rings. The fourth-order valence-corrected chi connectivity index (χ4v) is 1.38. The summed E-state index contributed by atoms with van der Waals surface area (Å²) in [6, 6.07) is 10.6. The summed E-state index contributed by atoms with van der Waals surface area (Å²) in [6.45, 7) is 4.32. The van der Waals surface area contributed by atoms with Crippen LogP contribution in [-0.2, 0) is 0 Å². The predicted octanol–water partition coefficient (Wildman–Crippen LogP) is 3.89. The second kappa shape index (κ2) is 4.76. The van der Waals surface area contributed by atoms with Crippen LogP contribution in [0.1, 0.15) is 32.3 Å². The molecule has 0 aliphatic carbocycles. The fourth-order valence-electron chi connectivity index (χ4n) is 1.38. The molecule has 0 nitrogen and oxygen atoms in total. The van der Waals surface area contributed by atoms with Crippen molar-refractivity contribution in [2.75, 3.05) is 0 Å². The third kappa shape index (κ3) is 2.23. The quantitative estimate of drug-likeness (QED) is 0.629. The van der Waals surface area contributed by atoms with E-state index in [0.717, 1.165) is 0 Å². The maximum absolute atomic E-state index is 2.21. The summed E-state index contributed by atoms with van der Waals surface area (Å²) in [6.07, 6.45) is 4.61. The molecular formula is C12H16. The minimum absolute atomic E-state index is 1.18. The van der Waals surface area contributed by atoms with Crippen LogP contribution in [0, 0.1) is 0 Å². The van der Waals surface area contributed by atoms with Crippen LogP contribution in [0.15, 0.2) is 36.4 Å². The van der Waals surface area contributed by atoms with Gasteiger partial charge in [0.2, 0.25) is 0 Å². The van der Waals surface area contributed by atoms with Gasteiger partial charge in [-0.25, -0.2) is 0 Å². The standard InChI is InChI=1S/C12H16/c1-3-8-11(4-2)12-9-6-5-7-10-12/h4-7,9-10H,3,8H2,1-2H3/b11-4+. The Morgan fingerprint density at radius 1 is 1.25 bits per heavy atom. The van der Waals surface area contributed by atoms with Crippen LogP contribution in [0.5, 0.6) is 0 Å². The number of rotatable bonds is 3. The summed E-state index contributed by atoms with van der Waals surface area (Å²) < 4.78 is 0. The lowest BCUT2D eigenvalue weighted by Gasteiger charge is -2.04. The fraction of sp³-hybridized carbons (Fsp3) is 0.333. The molecule has 0 amide bonds. The molecule has 1 rings (SSSR count). The van der Waals surface area contributed by atoms with Gasteiger partial charge in [-0.1, -0.05) is 49.8 Å². The maximum atomic E-state index is 2.21. The number of hydrogen-bond acceptors (Lipinski definition) is 0. The van der Waals surface area contributed by atoms with Crippen LogP contribution in [-0.4, -0.2) is 0 Å². The topological polar surface area (TPSA) is 0 Å². The summed E-state index contributed by atoms with van der Waals surface area (Å²) in [5, 5.41) is 0. The van der Waals surface area contributed by atoms with E-state index in [9.17, 15) is 0 Å². The van der Waals surface area contributed by atoms with Crippen LogP contribution in [0.25, 0.3) is 5.57 Å². The first-order chi connectivity index (χ1) is 5.88. The zero-order chi connectivity index (χ0) is 8.81. The first-order valence-electron chi connectivity index (χ1n) is 4.59. The molecule has 0 heterocycles. The van der Waals surface area contributed by atoms with Crippen molar-refractivity contribution in [1.82, 2.24) is 0 Å². The molecule has 0 aromatic heterocycles. The summed E-state index contributed by atoms with van der Waals surface area (Å²) in [5.41, 5.74) is 2.82. The lowest BCUT2D eigenvalue weighted by molar-refractivity contribution is 0.972. The molecule has 0 aliphatic heterocycles. The highest BCUT2D eigenvalue weighted by Gasteiger charge is 1.96. The van der Waals surface area contributed by atoms with E-state index in [0.29, 0.717) is 0 Å². The molecule has 0 spiro atoms. The van der Waals surface area contributed by atoms with E-state index in [1.807, 2.05) is 0 Å². The van der Waals surface area contributed by atoms with E-state index in [-0.39, 0.29) is 0 Å². The molecule has 0 saturated heterocycles. The van der Waals surface area contributed by atoms with Gasteiger partial charge in [0.15, 0.2) is 0 Å². The van der Waals surface area contributed by atoms with Crippen molar-refractivity contribution in [1.29, 1.82) is 0 Å². The Hall–Kier alpha value is -1.04. The van der Waals surface area contributed by atoms with E-state index in [4.69, 9.17) is 0 Å². The van der Waals surface area contributed by atoms with Crippen molar-refractivity contribution >= 4 is 5.57 Å². The first-order valence-corrected chi connectivity index (χ1v) is 4.59. The lowest BCUT2D eigenvalue weighted by atomic mass is 10.0. The van der Waals surface area contributed by atoms with E-state index in [2.05, 4.69) is 50.3 Å². The van der Waals surface area contributed by atoms with E-state index < -0.39 is 0 Å². The second-order valence-electron chi connectivity index (χ2n) is 2.93. The average molecular weight is 160 g/mol. The van der Waals surface area contributed by atoms with Gasteiger partial charge in [0.05, 0.1) is 0 Å². The highest BCUT2D eigenvalue weighted by Crippen LogP contribution is 2.18. The highest BCUT2D eigenvalue weighted by molar-refractivity contribution is 5.64. The van der Waals surface area contributed by atoms with Gasteiger partial charge >= 0.3 is 0 Å². The Balaban J connectivity index is 2.82. The van der Waals surface area contributed by atoms with Crippen molar-refractivity contribution in [3.05, 3.63) is 42.0 Å². The summed E-state index contributed by atoms with van der Waals surface area (Å²) in [5.74, 6) is 0. The molecule has 12 heavy (non-hydrogen) atoms. The Labute approximate surface area is 74.9 Å². The average Bonchev–Trinajstić information content (AvgIpc) is 2.15.